The second-order valence-corrected chi connectivity index (χ2v) is 7.70. The molecule has 0 radical (unpaired) electrons. The molecule has 142 valence electrons. The van der Waals surface area contributed by atoms with Crippen molar-refractivity contribution in [3.05, 3.63) is 95.0 Å². The first-order chi connectivity index (χ1) is 13.7. The molecule has 1 saturated heterocycles. The summed E-state index contributed by atoms with van der Waals surface area (Å²) in [6.07, 6.45) is 0.988. The van der Waals surface area contributed by atoms with Crippen LogP contribution in [0.2, 0.25) is 5.02 Å². The Kier molecular flexibility index (Phi) is 5.75. The zero-order valence-corrected chi connectivity index (χ0v) is 16.4. The van der Waals surface area contributed by atoms with Gasteiger partial charge in [-0.3, -0.25) is 9.69 Å². The molecular formula is C24H23ClN2O. The van der Waals surface area contributed by atoms with E-state index in [0.29, 0.717) is 5.56 Å². The van der Waals surface area contributed by atoms with Crippen molar-refractivity contribution in [1.82, 2.24) is 10.2 Å². The highest BCUT2D eigenvalue weighted by Crippen LogP contribution is 2.22. The Morgan fingerprint density at radius 3 is 2.25 bits per heavy atom. The van der Waals surface area contributed by atoms with E-state index in [2.05, 4.69) is 34.5 Å². The first-order valence-electron chi connectivity index (χ1n) is 9.60. The normalized spacial score (nSPS) is 16.8. The molecule has 1 aliphatic heterocycles. The Morgan fingerprint density at radius 2 is 1.57 bits per heavy atom. The van der Waals surface area contributed by atoms with E-state index in [9.17, 15) is 4.79 Å². The van der Waals surface area contributed by atoms with Gasteiger partial charge in [0.15, 0.2) is 0 Å². The van der Waals surface area contributed by atoms with E-state index in [4.69, 9.17) is 11.6 Å². The summed E-state index contributed by atoms with van der Waals surface area (Å²) in [5.74, 6) is -0.00535. The number of likely N-dealkylation sites (tertiary alicyclic amines) is 1. The molecule has 0 spiro atoms. The molecule has 1 atom stereocenters. The van der Waals surface area contributed by atoms with Crippen LogP contribution in [0.3, 0.4) is 0 Å². The van der Waals surface area contributed by atoms with Crippen molar-refractivity contribution in [2.75, 3.05) is 13.1 Å². The van der Waals surface area contributed by atoms with Crippen molar-refractivity contribution in [2.45, 2.75) is 19.0 Å². The average molecular weight is 391 g/mol. The van der Waals surface area contributed by atoms with Gasteiger partial charge >= 0.3 is 0 Å². The van der Waals surface area contributed by atoms with Gasteiger partial charge in [0.2, 0.25) is 0 Å². The second kappa shape index (κ2) is 8.59. The summed E-state index contributed by atoms with van der Waals surface area (Å²) in [5, 5.41) is 3.90. The zero-order chi connectivity index (χ0) is 19.3. The number of carbonyl (C=O) groups excluding carboxylic acids is 1. The van der Waals surface area contributed by atoms with Crippen molar-refractivity contribution >= 4 is 17.5 Å². The van der Waals surface area contributed by atoms with E-state index in [1.165, 1.54) is 5.56 Å². The van der Waals surface area contributed by atoms with Gasteiger partial charge in [-0.25, -0.2) is 0 Å². The number of hydrogen-bond donors (Lipinski definition) is 1. The molecule has 4 rings (SSSR count). The number of nitrogens with one attached hydrogen (secondary N) is 1. The molecule has 3 aromatic carbocycles. The van der Waals surface area contributed by atoms with Crippen molar-refractivity contribution in [2.24, 2.45) is 0 Å². The molecule has 0 saturated carbocycles. The van der Waals surface area contributed by atoms with E-state index in [0.717, 1.165) is 42.2 Å². The Morgan fingerprint density at radius 1 is 0.929 bits per heavy atom. The van der Waals surface area contributed by atoms with Crippen LogP contribution in [0.15, 0.2) is 78.9 Å². The summed E-state index contributed by atoms with van der Waals surface area (Å²) in [6.45, 7) is 2.84. The number of hydrogen-bond acceptors (Lipinski definition) is 2. The summed E-state index contributed by atoms with van der Waals surface area (Å²) >= 11 is 5.95. The molecule has 1 fully saturated rings. The lowest BCUT2D eigenvalue weighted by Crippen LogP contribution is -2.36. The second-order valence-electron chi connectivity index (χ2n) is 7.26. The van der Waals surface area contributed by atoms with Crippen LogP contribution in [0.5, 0.6) is 0 Å². The van der Waals surface area contributed by atoms with Crippen LogP contribution in [0.1, 0.15) is 22.3 Å². The van der Waals surface area contributed by atoms with Crippen LogP contribution in [0, 0.1) is 0 Å². The fourth-order valence-electron chi connectivity index (χ4n) is 3.66. The topological polar surface area (TPSA) is 32.3 Å². The van der Waals surface area contributed by atoms with Crippen LogP contribution in [-0.2, 0) is 6.54 Å². The van der Waals surface area contributed by atoms with Crippen molar-refractivity contribution in [3.8, 4) is 11.1 Å². The number of nitrogens with zero attached hydrogens (tertiary/aromatic N) is 1. The summed E-state index contributed by atoms with van der Waals surface area (Å²) < 4.78 is 0. The van der Waals surface area contributed by atoms with Gasteiger partial charge in [0.05, 0.1) is 0 Å². The molecule has 1 heterocycles. The highest BCUT2D eigenvalue weighted by Gasteiger charge is 2.24. The fourth-order valence-corrected chi connectivity index (χ4v) is 3.79. The van der Waals surface area contributed by atoms with Crippen LogP contribution < -0.4 is 5.32 Å². The molecule has 4 heteroatoms. The van der Waals surface area contributed by atoms with Crippen LogP contribution in [0.4, 0.5) is 0 Å². The number of halogens is 1. The summed E-state index contributed by atoms with van der Waals surface area (Å²) in [7, 11) is 0. The van der Waals surface area contributed by atoms with Gasteiger partial charge < -0.3 is 5.32 Å². The van der Waals surface area contributed by atoms with Crippen LogP contribution in [-0.4, -0.2) is 29.9 Å². The lowest BCUT2D eigenvalue weighted by molar-refractivity contribution is 0.0937. The fraction of sp³-hybridized carbons (Fsp3) is 0.208. The van der Waals surface area contributed by atoms with Gasteiger partial charge in [-0.05, 0) is 47.4 Å². The van der Waals surface area contributed by atoms with Crippen LogP contribution >= 0.6 is 11.6 Å². The molecule has 0 aliphatic carbocycles. The first-order valence-corrected chi connectivity index (χ1v) is 9.98. The zero-order valence-electron chi connectivity index (χ0n) is 15.6. The van der Waals surface area contributed by atoms with E-state index in [-0.39, 0.29) is 11.9 Å². The van der Waals surface area contributed by atoms with Gasteiger partial charge in [0.1, 0.15) is 0 Å². The minimum Gasteiger partial charge on any atom is -0.348 e. The van der Waals surface area contributed by atoms with Gasteiger partial charge in [-0.2, -0.15) is 0 Å². The maximum atomic E-state index is 12.6. The summed E-state index contributed by atoms with van der Waals surface area (Å²) in [5.41, 5.74) is 4.17. The summed E-state index contributed by atoms with van der Waals surface area (Å²) in [6, 6.07) is 26.1. The molecule has 1 amide bonds. The quantitative estimate of drug-likeness (QED) is 0.664. The molecular weight excluding hydrogens is 368 g/mol. The lowest BCUT2D eigenvalue weighted by Gasteiger charge is -2.17. The third-order valence-electron chi connectivity index (χ3n) is 5.18. The first kappa shape index (κ1) is 18.7. The smallest absolute Gasteiger partial charge is 0.251 e. The number of benzene rings is 3. The molecule has 0 aromatic heterocycles. The highest BCUT2D eigenvalue weighted by molar-refractivity contribution is 6.30. The van der Waals surface area contributed by atoms with Crippen molar-refractivity contribution in [3.63, 3.8) is 0 Å². The number of rotatable bonds is 5. The van der Waals surface area contributed by atoms with Crippen molar-refractivity contribution in [1.29, 1.82) is 0 Å². The Balaban J connectivity index is 1.33. The predicted octanol–water partition coefficient (Wildman–Crippen LogP) is 5.01. The average Bonchev–Trinajstić information content (AvgIpc) is 3.16. The van der Waals surface area contributed by atoms with Crippen LogP contribution in [0.25, 0.3) is 11.1 Å². The minimum atomic E-state index is -0.00535. The largest absolute Gasteiger partial charge is 0.348 e. The van der Waals surface area contributed by atoms with Crippen molar-refractivity contribution < 1.29 is 4.79 Å². The molecule has 1 N–H and O–H groups in total. The monoisotopic (exact) mass is 390 g/mol. The van der Waals surface area contributed by atoms with E-state index < -0.39 is 0 Å². The Hall–Kier alpha value is -2.62. The van der Waals surface area contributed by atoms with Gasteiger partial charge in [-0.1, -0.05) is 66.2 Å². The van der Waals surface area contributed by atoms with E-state index in [1.54, 1.807) is 0 Å². The molecule has 0 bridgehead atoms. The van der Waals surface area contributed by atoms with Gasteiger partial charge in [-0.15, -0.1) is 0 Å². The Labute approximate surface area is 171 Å². The van der Waals surface area contributed by atoms with E-state index in [1.807, 2.05) is 54.6 Å². The number of carbonyl (C=O) groups is 1. The lowest BCUT2D eigenvalue weighted by atomic mass is 10.0. The highest BCUT2D eigenvalue weighted by atomic mass is 35.5. The molecule has 1 aliphatic rings. The third kappa shape index (κ3) is 4.61. The molecule has 28 heavy (non-hydrogen) atoms. The Bertz CT molecular complexity index is 923. The SMILES string of the molecule is O=C(N[C@@H]1CCN(Cc2ccccc2)C1)c1ccc(-c2ccc(Cl)cc2)cc1. The standard InChI is InChI=1S/C24H23ClN2O/c25-22-12-10-20(11-13-22)19-6-8-21(9-7-19)24(28)26-23-14-15-27(17-23)16-18-4-2-1-3-5-18/h1-13,23H,14-17H2,(H,26,28)/t23-/m1/s1. The maximum Gasteiger partial charge on any atom is 0.251 e. The van der Waals surface area contributed by atoms with Gasteiger partial charge in [0.25, 0.3) is 5.91 Å². The van der Waals surface area contributed by atoms with E-state index >= 15 is 0 Å². The predicted molar refractivity (Wildman–Crippen MR) is 114 cm³/mol. The summed E-state index contributed by atoms with van der Waals surface area (Å²) in [4.78, 5) is 15.0. The maximum absolute atomic E-state index is 12.6. The minimum absolute atomic E-state index is 0.00535. The molecule has 3 aromatic rings. The number of amides is 1. The molecule has 3 nitrogen and oxygen atoms in total. The van der Waals surface area contributed by atoms with Gasteiger partial charge in [0, 0.05) is 36.3 Å². The molecule has 0 unspecified atom stereocenters. The third-order valence-corrected chi connectivity index (χ3v) is 5.43.